The van der Waals surface area contributed by atoms with E-state index in [0.29, 0.717) is 22.3 Å². The van der Waals surface area contributed by atoms with Crippen LogP contribution in [-0.2, 0) is 53.6 Å². The van der Waals surface area contributed by atoms with E-state index >= 15 is 0 Å². The molecular formula is C78H81N6O2PtS2-. The summed E-state index contributed by atoms with van der Waals surface area (Å²) < 4.78 is 2.19. The van der Waals surface area contributed by atoms with Crippen molar-refractivity contribution < 1.29 is 31.3 Å². The molecule has 0 unspecified atom stereocenters. The number of thiazole rings is 2. The predicted molar refractivity (Wildman–Crippen MR) is 372 cm³/mol. The molecule has 0 fully saturated rings. The molecule has 0 atom stereocenters. The van der Waals surface area contributed by atoms with Gasteiger partial charge in [-0.2, -0.15) is 5.26 Å². The number of fused-ring (bicyclic) bond motifs is 2. The number of para-hydroxylation sites is 2. The Morgan fingerprint density at radius 3 is 1.20 bits per heavy atom. The van der Waals surface area contributed by atoms with Gasteiger partial charge in [0.05, 0.1) is 33.2 Å². The van der Waals surface area contributed by atoms with Crippen molar-refractivity contribution in [2.24, 2.45) is 9.98 Å². The van der Waals surface area contributed by atoms with Crippen LogP contribution in [0.1, 0.15) is 180 Å². The van der Waals surface area contributed by atoms with Gasteiger partial charge >= 0.3 is 0 Å². The minimum Gasteiger partial charge on any atom is -0.507 e. The van der Waals surface area contributed by atoms with Gasteiger partial charge in [-0.15, -0.1) is 52.5 Å². The van der Waals surface area contributed by atoms with E-state index in [9.17, 15) is 20.7 Å². The number of aromatic nitrogens is 2. The van der Waals surface area contributed by atoms with Crippen LogP contribution in [0.15, 0.2) is 150 Å². The molecule has 458 valence electrons. The standard InChI is InChI=1S/C39H41N3OS.C39H40N3OS.Pt/c2*1-37(2,3)27-18-26(35(43)31(20-27)39(7,8)9)23-41-32-13-11-10-12-29(32)36-42-34-30(25-16-14-24(22-40)15-17-25)19-28(38(4,5)6)21-33(34)44-36;/h10-21,23,43H,1-9H3;10-16,18-21,23,43H,1-9H3;/q;-1;. The van der Waals surface area contributed by atoms with Crippen LogP contribution >= 0.6 is 22.7 Å². The zero-order valence-corrected chi connectivity index (χ0v) is 58.5. The summed E-state index contributed by atoms with van der Waals surface area (Å²) in [5.74, 6) is 0.540. The molecule has 0 aliphatic heterocycles. The quantitative estimate of drug-likeness (QED) is 0.115. The molecule has 0 amide bonds. The summed E-state index contributed by atoms with van der Waals surface area (Å²) in [5.41, 5.74) is 17.8. The van der Waals surface area contributed by atoms with Crippen LogP contribution in [0, 0.1) is 28.7 Å². The van der Waals surface area contributed by atoms with Crippen LogP contribution < -0.4 is 0 Å². The van der Waals surface area contributed by atoms with E-state index < -0.39 is 0 Å². The van der Waals surface area contributed by atoms with Gasteiger partial charge in [-0.1, -0.05) is 185 Å². The van der Waals surface area contributed by atoms with Crippen molar-refractivity contribution >= 4 is 66.9 Å². The number of phenolic OH excluding ortho intramolecular Hbond substituents is 2. The van der Waals surface area contributed by atoms with E-state index in [-0.39, 0.29) is 65.1 Å². The summed E-state index contributed by atoms with van der Waals surface area (Å²) in [4.78, 5) is 20.2. The van der Waals surface area contributed by atoms with Crippen molar-refractivity contribution in [2.45, 2.75) is 157 Å². The molecule has 0 bridgehead atoms. The number of nitrogens with zero attached hydrogens (tertiary/aromatic N) is 6. The van der Waals surface area contributed by atoms with E-state index in [4.69, 9.17) is 20.0 Å². The van der Waals surface area contributed by atoms with Crippen molar-refractivity contribution in [2.75, 3.05) is 0 Å². The Hall–Kier alpha value is -7.85. The van der Waals surface area contributed by atoms with Crippen LogP contribution in [-0.4, -0.2) is 32.6 Å². The molecule has 8 aromatic carbocycles. The molecule has 8 nitrogen and oxygen atoms in total. The number of benzene rings is 8. The van der Waals surface area contributed by atoms with Gasteiger partial charge in [-0.25, -0.2) is 15.2 Å². The second-order valence-electron chi connectivity index (χ2n) is 29.0. The fraction of sp³-hybridized carbons (Fsp3) is 0.308. The van der Waals surface area contributed by atoms with Gasteiger partial charge in [0.25, 0.3) is 0 Å². The maximum atomic E-state index is 11.3. The van der Waals surface area contributed by atoms with Gasteiger partial charge in [0.15, 0.2) is 0 Å². The first-order valence-electron chi connectivity index (χ1n) is 30.0. The molecule has 2 N–H and O–H groups in total. The van der Waals surface area contributed by atoms with Gasteiger partial charge in [0, 0.05) is 88.7 Å². The Morgan fingerprint density at radius 2 is 0.820 bits per heavy atom. The fourth-order valence-corrected chi connectivity index (χ4v) is 12.4. The zero-order chi connectivity index (χ0) is 64.1. The summed E-state index contributed by atoms with van der Waals surface area (Å²) in [6.45, 7) is 39.1. The van der Waals surface area contributed by atoms with Crippen molar-refractivity contribution in [3.63, 3.8) is 0 Å². The second kappa shape index (κ2) is 25.6. The van der Waals surface area contributed by atoms with Gasteiger partial charge in [0.2, 0.25) is 0 Å². The third kappa shape index (κ3) is 15.1. The van der Waals surface area contributed by atoms with Crippen LogP contribution in [0.3, 0.4) is 0 Å². The van der Waals surface area contributed by atoms with Gasteiger partial charge < -0.3 is 10.2 Å². The number of nitriles is 2. The van der Waals surface area contributed by atoms with E-state index in [1.807, 2.05) is 84.9 Å². The predicted octanol–water partition coefficient (Wildman–Crippen LogP) is 21.5. The molecule has 0 aliphatic carbocycles. The number of rotatable bonds is 8. The molecule has 0 radical (unpaired) electrons. The minimum atomic E-state index is -0.219. The van der Waals surface area contributed by atoms with Crippen molar-refractivity contribution in [3.8, 4) is 67.0 Å². The van der Waals surface area contributed by atoms with Crippen LogP contribution in [0.25, 0.3) is 63.8 Å². The van der Waals surface area contributed by atoms with Gasteiger partial charge in [-0.3, -0.25) is 9.98 Å². The molecule has 0 saturated carbocycles. The Balaban J connectivity index is 0.000000228. The van der Waals surface area contributed by atoms with E-state index in [0.717, 1.165) is 97.5 Å². The van der Waals surface area contributed by atoms with Crippen molar-refractivity contribution in [1.82, 2.24) is 9.97 Å². The largest absolute Gasteiger partial charge is 0.507 e. The number of hydrogen-bond donors (Lipinski definition) is 2. The molecule has 0 aliphatic rings. The number of aromatic hydroxyl groups is 2. The summed E-state index contributed by atoms with van der Waals surface area (Å²) in [5, 5.41) is 43.0. The van der Waals surface area contributed by atoms with Crippen molar-refractivity contribution in [1.29, 1.82) is 10.5 Å². The van der Waals surface area contributed by atoms with Crippen LogP contribution in [0.4, 0.5) is 11.4 Å². The maximum absolute atomic E-state index is 11.3. The summed E-state index contributed by atoms with van der Waals surface area (Å²) in [6.07, 6.45) is 3.56. The van der Waals surface area contributed by atoms with Gasteiger partial charge in [-0.05, 0) is 133 Å². The zero-order valence-electron chi connectivity index (χ0n) is 54.6. The number of hydrogen-bond acceptors (Lipinski definition) is 10. The summed E-state index contributed by atoms with van der Waals surface area (Å²) in [6, 6.07) is 54.3. The third-order valence-electron chi connectivity index (χ3n) is 15.9. The molecule has 0 spiro atoms. The third-order valence-corrected chi connectivity index (χ3v) is 17.9. The summed E-state index contributed by atoms with van der Waals surface area (Å²) >= 11 is 3.31. The molecule has 89 heavy (non-hydrogen) atoms. The first kappa shape index (κ1) is 67.1. The Bertz CT molecular complexity index is 4130. The number of aliphatic imine (C=N–C) groups is 2. The minimum absolute atomic E-state index is 0. The Morgan fingerprint density at radius 1 is 0.438 bits per heavy atom. The molecule has 2 heterocycles. The molecule has 0 saturated heterocycles. The first-order valence-corrected chi connectivity index (χ1v) is 31.6. The van der Waals surface area contributed by atoms with Crippen LogP contribution in [0.2, 0.25) is 0 Å². The average molecular weight is 1390 g/mol. The Kier molecular flexibility index (Phi) is 19.3. The van der Waals surface area contributed by atoms with Gasteiger partial charge in [0.1, 0.15) is 21.5 Å². The average Bonchev–Trinajstić information content (AvgIpc) is 2.09. The van der Waals surface area contributed by atoms with E-state index in [2.05, 4.69) is 191 Å². The van der Waals surface area contributed by atoms with E-state index in [1.165, 1.54) is 11.1 Å². The molecule has 10 aromatic rings. The normalized spacial score (nSPS) is 12.5. The molecule has 2 aromatic heterocycles. The first-order chi connectivity index (χ1) is 41.1. The SMILES string of the molecule is CC(C)(C)c1cc(C=Nc2ccccc2-c2nc3c(-c4[c-]cc(C#N)cc4)cc(C(C)(C)C)cc3s2)c(O)c(C(C)(C)C)c1.CC(C)(C)c1cc(C=Nc2ccccc2-c2nc3c(-c4ccc(C#N)cc4)cc(C(C)(C)C)cc3s2)c(O)c(C(C)(C)C)c1.[Pt]. The monoisotopic (exact) mass is 1390 g/mol. The summed E-state index contributed by atoms with van der Waals surface area (Å²) in [7, 11) is 0. The smallest absolute Gasteiger partial charge is 0.128 e. The van der Waals surface area contributed by atoms with E-state index in [1.54, 1.807) is 41.2 Å². The molecular weight excluding hydrogens is 1310 g/mol. The maximum Gasteiger partial charge on any atom is 0.128 e. The Labute approximate surface area is 550 Å². The fourth-order valence-electron chi connectivity index (χ4n) is 10.3. The van der Waals surface area contributed by atoms with Crippen LogP contribution in [0.5, 0.6) is 11.5 Å². The molecule has 11 heteroatoms. The van der Waals surface area contributed by atoms with Crippen molar-refractivity contribution in [3.05, 3.63) is 201 Å². The molecule has 10 rings (SSSR count). The second-order valence-corrected chi connectivity index (χ2v) is 31.1. The topological polar surface area (TPSA) is 139 Å². The number of phenols is 2.